The van der Waals surface area contributed by atoms with Gasteiger partial charge in [0.1, 0.15) is 0 Å². The normalized spacial score (nSPS) is 11.7. The number of nitrogens with zero attached hydrogens (tertiary/aromatic N) is 1. The fourth-order valence-corrected chi connectivity index (χ4v) is 2.79. The molecule has 2 N–H and O–H groups in total. The Morgan fingerprint density at radius 3 is 2.59 bits per heavy atom. The summed E-state index contributed by atoms with van der Waals surface area (Å²) >= 11 is 1.71. The zero-order chi connectivity index (χ0) is 12.5. The molecule has 0 bridgehead atoms. The van der Waals surface area contributed by atoms with Gasteiger partial charge >= 0.3 is 0 Å². The number of nitrogen functional groups attached to an aromatic ring is 1. The van der Waals surface area contributed by atoms with E-state index in [2.05, 4.69) is 31.1 Å². The predicted octanol–water partition coefficient (Wildman–Crippen LogP) is 3.98. The van der Waals surface area contributed by atoms with Crippen molar-refractivity contribution < 1.29 is 0 Å². The van der Waals surface area contributed by atoms with Gasteiger partial charge in [0.05, 0.1) is 10.7 Å². The Morgan fingerprint density at radius 1 is 1.24 bits per heavy atom. The molecule has 0 amide bonds. The van der Waals surface area contributed by atoms with Crippen LogP contribution in [0.25, 0.3) is 11.3 Å². The molecule has 0 radical (unpaired) electrons. The molecule has 2 aromatic rings. The molecule has 2 nitrogen and oxygen atoms in total. The fraction of sp³-hybridized carbons (Fsp3) is 0.357. The summed E-state index contributed by atoms with van der Waals surface area (Å²) in [6.45, 7) is 6.68. The lowest BCUT2D eigenvalue weighted by Gasteiger charge is -2.15. The van der Waals surface area contributed by atoms with Crippen LogP contribution in [0.15, 0.2) is 29.6 Å². The number of rotatable bonds is 2. The smallest absolute Gasteiger partial charge is 0.0937 e. The SMILES string of the molecule is CC(C)(C)Cc1nc(-c2ccccc2N)cs1. The molecule has 0 fully saturated rings. The summed E-state index contributed by atoms with van der Waals surface area (Å²) in [6, 6.07) is 7.87. The third-order valence-electron chi connectivity index (χ3n) is 2.47. The first-order valence-electron chi connectivity index (χ1n) is 5.75. The fourth-order valence-electron chi connectivity index (χ4n) is 1.70. The molecule has 1 aromatic carbocycles. The molecule has 2 rings (SSSR count). The van der Waals surface area contributed by atoms with Crippen molar-refractivity contribution in [1.29, 1.82) is 0 Å². The highest BCUT2D eigenvalue weighted by molar-refractivity contribution is 7.09. The maximum Gasteiger partial charge on any atom is 0.0937 e. The second-order valence-corrected chi connectivity index (χ2v) is 6.39. The highest BCUT2D eigenvalue weighted by Gasteiger charge is 2.15. The van der Waals surface area contributed by atoms with E-state index in [9.17, 15) is 0 Å². The van der Waals surface area contributed by atoms with Gasteiger partial charge in [0, 0.05) is 23.1 Å². The zero-order valence-corrected chi connectivity index (χ0v) is 11.3. The van der Waals surface area contributed by atoms with Crippen LogP contribution < -0.4 is 5.73 Å². The lowest BCUT2D eigenvalue weighted by atomic mass is 9.93. The number of hydrogen-bond acceptors (Lipinski definition) is 3. The Bertz CT molecular complexity index is 509. The molecule has 90 valence electrons. The van der Waals surface area contributed by atoms with Crippen LogP contribution in [0, 0.1) is 5.41 Å². The molecule has 0 aliphatic rings. The van der Waals surface area contributed by atoms with E-state index >= 15 is 0 Å². The lowest BCUT2D eigenvalue weighted by Crippen LogP contribution is -2.08. The minimum atomic E-state index is 0.275. The van der Waals surface area contributed by atoms with Crippen LogP contribution in [0.5, 0.6) is 0 Å². The van der Waals surface area contributed by atoms with E-state index in [1.807, 2.05) is 24.3 Å². The van der Waals surface area contributed by atoms with E-state index in [1.54, 1.807) is 11.3 Å². The van der Waals surface area contributed by atoms with E-state index in [4.69, 9.17) is 5.73 Å². The van der Waals surface area contributed by atoms with Crippen molar-refractivity contribution in [2.24, 2.45) is 5.41 Å². The first-order chi connectivity index (χ1) is 7.96. The van der Waals surface area contributed by atoms with Crippen molar-refractivity contribution in [2.45, 2.75) is 27.2 Å². The van der Waals surface area contributed by atoms with Crippen molar-refractivity contribution in [3.63, 3.8) is 0 Å². The maximum absolute atomic E-state index is 5.95. The molecular weight excluding hydrogens is 228 g/mol. The monoisotopic (exact) mass is 246 g/mol. The highest BCUT2D eigenvalue weighted by atomic mass is 32.1. The van der Waals surface area contributed by atoms with Crippen molar-refractivity contribution in [2.75, 3.05) is 5.73 Å². The number of benzene rings is 1. The molecule has 1 heterocycles. The lowest BCUT2D eigenvalue weighted by molar-refractivity contribution is 0.410. The molecule has 0 spiro atoms. The minimum Gasteiger partial charge on any atom is -0.398 e. The average Bonchev–Trinajstić information content (AvgIpc) is 2.64. The highest BCUT2D eigenvalue weighted by Crippen LogP contribution is 2.29. The van der Waals surface area contributed by atoms with Gasteiger partial charge < -0.3 is 5.73 Å². The van der Waals surface area contributed by atoms with Crippen LogP contribution in [0.3, 0.4) is 0 Å². The van der Waals surface area contributed by atoms with Crippen molar-refractivity contribution in [3.8, 4) is 11.3 Å². The van der Waals surface area contributed by atoms with Crippen LogP contribution in [-0.4, -0.2) is 4.98 Å². The summed E-state index contributed by atoms with van der Waals surface area (Å²) in [6.07, 6.45) is 1.00. The van der Waals surface area contributed by atoms with E-state index in [1.165, 1.54) is 5.01 Å². The molecule has 0 saturated heterocycles. The van der Waals surface area contributed by atoms with Gasteiger partial charge in [0.15, 0.2) is 0 Å². The number of thiazole rings is 1. The molecule has 17 heavy (non-hydrogen) atoms. The second-order valence-electron chi connectivity index (χ2n) is 5.45. The van der Waals surface area contributed by atoms with Gasteiger partial charge in [-0.15, -0.1) is 11.3 Å². The van der Waals surface area contributed by atoms with E-state index in [0.29, 0.717) is 0 Å². The third kappa shape index (κ3) is 3.07. The van der Waals surface area contributed by atoms with Gasteiger partial charge in [-0.3, -0.25) is 0 Å². The molecular formula is C14H18N2S. The number of anilines is 1. The van der Waals surface area contributed by atoms with Crippen LogP contribution in [0.4, 0.5) is 5.69 Å². The number of aromatic nitrogens is 1. The van der Waals surface area contributed by atoms with Gasteiger partial charge in [-0.1, -0.05) is 39.0 Å². The van der Waals surface area contributed by atoms with Crippen LogP contribution in [0.2, 0.25) is 0 Å². The summed E-state index contributed by atoms with van der Waals surface area (Å²) in [5.74, 6) is 0. The first kappa shape index (κ1) is 12.1. The first-order valence-corrected chi connectivity index (χ1v) is 6.63. The largest absolute Gasteiger partial charge is 0.398 e. The minimum absolute atomic E-state index is 0.275. The number of para-hydroxylation sites is 1. The summed E-state index contributed by atoms with van der Waals surface area (Å²) in [7, 11) is 0. The molecule has 3 heteroatoms. The predicted molar refractivity (Wildman–Crippen MR) is 75.1 cm³/mol. The Balaban J connectivity index is 2.28. The van der Waals surface area contributed by atoms with Crippen molar-refractivity contribution in [3.05, 3.63) is 34.7 Å². The standard InChI is InChI=1S/C14H18N2S/c1-14(2,3)8-13-16-12(9-17-13)10-6-4-5-7-11(10)15/h4-7,9H,8,15H2,1-3H3. The summed E-state index contributed by atoms with van der Waals surface area (Å²) in [5.41, 5.74) is 9.04. The maximum atomic E-state index is 5.95. The van der Waals surface area contributed by atoms with E-state index < -0.39 is 0 Å². The number of hydrogen-bond donors (Lipinski definition) is 1. The summed E-state index contributed by atoms with van der Waals surface area (Å²) in [4.78, 5) is 4.67. The molecule has 0 saturated carbocycles. The van der Waals surface area contributed by atoms with Crippen LogP contribution in [-0.2, 0) is 6.42 Å². The Labute approximate surface area is 107 Å². The quantitative estimate of drug-likeness (QED) is 0.814. The van der Waals surface area contributed by atoms with E-state index in [0.717, 1.165) is 23.4 Å². The van der Waals surface area contributed by atoms with Crippen LogP contribution in [0.1, 0.15) is 25.8 Å². The molecule has 0 aliphatic carbocycles. The van der Waals surface area contributed by atoms with Gasteiger partial charge in [0.2, 0.25) is 0 Å². The average molecular weight is 246 g/mol. The molecule has 1 aromatic heterocycles. The Hall–Kier alpha value is -1.35. The van der Waals surface area contributed by atoms with Gasteiger partial charge in [0.25, 0.3) is 0 Å². The van der Waals surface area contributed by atoms with Crippen LogP contribution >= 0.6 is 11.3 Å². The Morgan fingerprint density at radius 2 is 1.94 bits per heavy atom. The second kappa shape index (κ2) is 4.49. The summed E-state index contributed by atoms with van der Waals surface area (Å²) < 4.78 is 0. The zero-order valence-electron chi connectivity index (χ0n) is 10.5. The van der Waals surface area contributed by atoms with Gasteiger partial charge in [-0.05, 0) is 11.5 Å². The molecule has 0 atom stereocenters. The van der Waals surface area contributed by atoms with Crippen molar-refractivity contribution >= 4 is 17.0 Å². The van der Waals surface area contributed by atoms with Crippen molar-refractivity contribution in [1.82, 2.24) is 4.98 Å². The number of nitrogens with two attached hydrogens (primary N) is 1. The van der Waals surface area contributed by atoms with Gasteiger partial charge in [-0.2, -0.15) is 0 Å². The third-order valence-corrected chi connectivity index (χ3v) is 3.32. The Kier molecular flexibility index (Phi) is 3.20. The molecule has 0 unspecified atom stereocenters. The molecule has 0 aliphatic heterocycles. The van der Waals surface area contributed by atoms with E-state index in [-0.39, 0.29) is 5.41 Å². The van der Waals surface area contributed by atoms with Gasteiger partial charge in [-0.25, -0.2) is 4.98 Å². The topological polar surface area (TPSA) is 38.9 Å². The summed E-state index contributed by atoms with van der Waals surface area (Å²) in [5, 5.41) is 3.27.